The van der Waals surface area contributed by atoms with E-state index >= 15 is 0 Å². The van der Waals surface area contributed by atoms with Gasteiger partial charge in [-0.3, -0.25) is 4.79 Å². The lowest BCUT2D eigenvalue weighted by Gasteiger charge is -2.34. The van der Waals surface area contributed by atoms with E-state index in [0.29, 0.717) is 5.69 Å². The Bertz CT molecular complexity index is 655. The van der Waals surface area contributed by atoms with Crippen LogP contribution in [0.3, 0.4) is 0 Å². The molecule has 0 radical (unpaired) electrons. The van der Waals surface area contributed by atoms with Gasteiger partial charge in [0.15, 0.2) is 5.12 Å². The molecule has 0 amide bonds. The molecule has 1 atom stereocenters. The highest BCUT2D eigenvalue weighted by Gasteiger charge is 2.38. The number of carbonyl (C=O) groups excluding carboxylic acids is 1. The molecular weight excluding hydrogens is 306 g/mol. The fourth-order valence-electron chi connectivity index (χ4n) is 2.51. The molecule has 0 fully saturated rings. The van der Waals surface area contributed by atoms with Crippen LogP contribution in [-0.2, 0) is 4.79 Å². The summed E-state index contributed by atoms with van der Waals surface area (Å²) in [6.07, 6.45) is 0. The standard InChI is InChI=1S/C19H23NO2S/c1-4-23-18(22)19(2,3)17(14-10-6-5-7-11-14)20-15-12-8-9-13-16(15)21/h5-13,17,20-21H,4H2,1-3H3/t17-/m1/s1. The SMILES string of the molecule is CCSC(=O)C(C)(C)[C@H](Nc1ccccc1O)c1ccccc1. The van der Waals surface area contributed by atoms with Crippen molar-refractivity contribution < 1.29 is 9.90 Å². The Labute approximate surface area is 142 Å². The van der Waals surface area contributed by atoms with Crippen molar-refractivity contribution in [3.63, 3.8) is 0 Å². The highest BCUT2D eigenvalue weighted by Crippen LogP contribution is 2.41. The van der Waals surface area contributed by atoms with E-state index in [2.05, 4.69) is 5.32 Å². The summed E-state index contributed by atoms with van der Waals surface area (Å²) in [4.78, 5) is 12.6. The van der Waals surface area contributed by atoms with Crippen LogP contribution in [0.4, 0.5) is 5.69 Å². The van der Waals surface area contributed by atoms with Crippen LogP contribution < -0.4 is 5.32 Å². The number of carbonyl (C=O) groups is 1. The average Bonchev–Trinajstić information content (AvgIpc) is 2.55. The van der Waals surface area contributed by atoms with Crippen LogP contribution >= 0.6 is 11.8 Å². The second-order valence-corrected chi connectivity index (χ2v) is 7.18. The summed E-state index contributed by atoms with van der Waals surface area (Å²) in [5.74, 6) is 0.931. The minimum absolute atomic E-state index is 0.136. The predicted octanol–water partition coefficient (Wildman–Crippen LogP) is 4.85. The molecule has 122 valence electrons. The van der Waals surface area contributed by atoms with E-state index in [4.69, 9.17) is 0 Å². The van der Waals surface area contributed by atoms with Gasteiger partial charge in [0, 0.05) is 0 Å². The Kier molecular flexibility index (Phi) is 5.72. The predicted molar refractivity (Wildman–Crippen MR) is 97.8 cm³/mol. The summed E-state index contributed by atoms with van der Waals surface area (Å²) >= 11 is 1.33. The van der Waals surface area contributed by atoms with Crippen molar-refractivity contribution in [2.45, 2.75) is 26.8 Å². The van der Waals surface area contributed by atoms with Crippen molar-refractivity contribution in [3.05, 3.63) is 60.2 Å². The Balaban J connectivity index is 2.40. The van der Waals surface area contributed by atoms with Crippen LogP contribution in [0.15, 0.2) is 54.6 Å². The van der Waals surface area contributed by atoms with E-state index in [1.165, 1.54) is 11.8 Å². The molecule has 2 aromatic carbocycles. The molecule has 23 heavy (non-hydrogen) atoms. The Morgan fingerprint density at radius 3 is 2.35 bits per heavy atom. The van der Waals surface area contributed by atoms with Crippen molar-refractivity contribution in [1.82, 2.24) is 0 Å². The molecular formula is C19H23NO2S. The summed E-state index contributed by atoms with van der Waals surface area (Å²) < 4.78 is 0. The molecule has 2 aromatic rings. The van der Waals surface area contributed by atoms with Gasteiger partial charge in [-0.25, -0.2) is 0 Å². The molecule has 0 unspecified atom stereocenters. The summed E-state index contributed by atoms with van der Waals surface area (Å²) in [5, 5.41) is 13.6. The van der Waals surface area contributed by atoms with Crippen LogP contribution in [0.5, 0.6) is 5.75 Å². The van der Waals surface area contributed by atoms with Crippen LogP contribution in [-0.4, -0.2) is 16.0 Å². The number of benzene rings is 2. The zero-order chi connectivity index (χ0) is 16.9. The number of hydrogen-bond donors (Lipinski definition) is 2. The van der Waals surface area contributed by atoms with Gasteiger partial charge >= 0.3 is 0 Å². The van der Waals surface area contributed by atoms with Gasteiger partial charge < -0.3 is 10.4 Å². The zero-order valence-electron chi connectivity index (χ0n) is 13.7. The number of phenolic OH excluding ortho intramolecular Hbond substituents is 1. The number of thioether (sulfide) groups is 1. The maximum absolute atomic E-state index is 12.6. The molecule has 2 N–H and O–H groups in total. The van der Waals surface area contributed by atoms with Crippen LogP contribution in [0.2, 0.25) is 0 Å². The molecule has 0 aliphatic carbocycles. The van der Waals surface area contributed by atoms with E-state index in [9.17, 15) is 9.90 Å². The third kappa shape index (κ3) is 4.08. The third-order valence-corrected chi connectivity index (χ3v) is 4.94. The highest BCUT2D eigenvalue weighted by molar-refractivity contribution is 8.13. The average molecular weight is 329 g/mol. The molecule has 3 nitrogen and oxygen atoms in total. The smallest absolute Gasteiger partial charge is 0.196 e. The molecule has 0 spiro atoms. The van der Waals surface area contributed by atoms with Crippen LogP contribution in [0, 0.1) is 5.41 Å². The fourth-order valence-corrected chi connectivity index (χ4v) is 3.26. The first-order chi connectivity index (χ1) is 11.0. The molecule has 0 saturated heterocycles. The Morgan fingerprint density at radius 2 is 1.74 bits per heavy atom. The zero-order valence-corrected chi connectivity index (χ0v) is 14.6. The topological polar surface area (TPSA) is 49.3 Å². The lowest BCUT2D eigenvalue weighted by atomic mass is 9.81. The van der Waals surface area contributed by atoms with Gasteiger partial charge in [0.25, 0.3) is 0 Å². The quantitative estimate of drug-likeness (QED) is 0.744. The number of aromatic hydroxyl groups is 1. The van der Waals surface area contributed by atoms with Crippen molar-refractivity contribution in [2.75, 3.05) is 11.1 Å². The van der Waals surface area contributed by atoms with E-state index < -0.39 is 5.41 Å². The number of para-hydroxylation sites is 2. The monoisotopic (exact) mass is 329 g/mol. The van der Waals surface area contributed by atoms with E-state index in [1.807, 2.05) is 63.2 Å². The number of hydrogen-bond acceptors (Lipinski definition) is 4. The Hall–Kier alpha value is -1.94. The Morgan fingerprint density at radius 1 is 1.13 bits per heavy atom. The number of phenols is 1. The lowest BCUT2D eigenvalue weighted by molar-refractivity contribution is -0.118. The maximum atomic E-state index is 12.6. The van der Waals surface area contributed by atoms with E-state index in [1.54, 1.807) is 12.1 Å². The van der Waals surface area contributed by atoms with Gasteiger partial charge in [0.05, 0.1) is 17.1 Å². The molecule has 0 heterocycles. The molecule has 0 aliphatic heterocycles. The summed E-state index contributed by atoms with van der Waals surface area (Å²) in [5.41, 5.74) is 1.03. The molecule has 0 bridgehead atoms. The van der Waals surface area contributed by atoms with Gasteiger partial charge in [-0.1, -0.05) is 61.2 Å². The van der Waals surface area contributed by atoms with Crippen molar-refractivity contribution in [2.24, 2.45) is 5.41 Å². The van der Waals surface area contributed by atoms with Crippen molar-refractivity contribution in [3.8, 4) is 5.75 Å². The second kappa shape index (κ2) is 7.55. The second-order valence-electron chi connectivity index (χ2n) is 5.95. The first kappa shape index (κ1) is 17.4. The summed E-state index contributed by atoms with van der Waals surface area (Å²) in [6.45, 7) is 5.87. The number of nitrogens with one attached hydrogen (secondary N) is 1. The minimum Gasteiger partial charge on any atom is -0.506 e. The normalized spacial score (nSPS) is 12.7. The van der Waals surface area contributed by atoms with Gasteiger partial charge in [0.2, 0.25) is 0 Å². The minimum atomic E-state index is -0.621. The summed E-state index contributed by atoms with van der Waals surface area (Å²) in [7, 11) is 0. The van der Waals surface area contributed by atoms with Gasteiger partial charge in [-0.05, 0) is 37.3 Å². The van der Waals surface area contributed by atoms with Gasteiger partial charge in [-0.2, -0.15) is 0 Å². The van der Waals surface area contributed by atoms with E-state index in [-0.39, 0.29) is 16.9 Å². The van der Waals surface area contributed by atoms with E-state index in [0.717, 1.165) is 11.3 Å². The largest absolute Gasteiger partial charge is 0.506 e. The fraction of sp³-hybridized carbons (Fsp3) is 0.316. The van der Waals surface area contributed by atoms with Crippen molar-refractivity contribution in [1.29, 1.82) is 0 Å². The van der Waals surface area contributed by atoms with Gasteiger partial charge in [0.1, 0.15) is 5.75 Å². The van der Waals surface area contributed by atoms with Crippen LogP contribution in [0.25, 0.3) is 0 Å². The molecule has 4 heteroatoms. The number of anilines is 1. The lowest BCUT2D eigenvalue weighted by Crippen LogP contribution is -2.34. The number of rotatable bonds is 6. The third-order valence-electron chi connectivity index (χ3n) is 3.86. The first-order valence-corrected chi connectivity index (χ1v) is 8.72. The molecule has 0 aliphatic rings. The summed E-state index contributed by atoms with van der Waals surface area (Å²) in [6, 6.07) is 16.7. The van der Waals surface area contributed by atoms with Crippen molar-refractivity contribution >= 4 is 22.6 Å². The molecule has 2 rings (SSSR count). The van der Waals surface area contributed by atoms with Crippen LogP contribution in [0.1, 0.15) is 32.4 Å². The van der Waals surface area contributed by atoms with Gasteiger partial charge in [-0.15, -0.1) is 0 Å². The molecule has 0 saturated carbocycles. The molecule has 0 aromatic heterocycles. The maximum Gasteiger partial charge on any atom is 0.196 e. The highest BCUT2D eigenvalue weighted by atomic mass is 32.2. The first-order valence-electron chi connectivity index (χ1n) is 7.73.